The molecule has 18 heavy (non-hydrogen) atoms. The first kappa shape index (κ1) is 21.8. The summed E-state index contributed by atoms with van der Waals surface area (Å²) in [6, 6.07) is 8.03. The standard InChI is InChI=1S/C11H10N2S.ClH.3H2O/c1-2-7-3-4-9-8(5-7)6-10(14-9)11(12)13;;;;/h2-6H,1H2,(H3,12,13);1H;3*1H2. The van der Waals surface area contributed by atoms with Crippen LogP contribution in [0.4, 0.5) is 0 Å². The fraction of sp³-hybridized carbons (Fsp3) is 0. The lowest BCUT2D eigenvalue weighted by atomic mass is 10.1. The third kappa shape index (κ3) is 4.10. The van der Waals surface area contributed by atoms with Gasteiger partial charge in [0.15, 0.2) is 0 Å². The number of nitrogens with two attached hydrogens (primary N) is 1. The van der Waals surface area contributed by atoms with Crippen LogP contribution in [0, 0.1) is 5.41 Å². The molecule has 1 aromatic carbocycles. The van der Waals surface area contributed by atoms with Crippen molar-refractivity contribution in [2.45, 2.75) is 0 Å². The number of nitrogen functional groups attached to an aromatic ring is 1. The molecule has 0 spiro atoms. The van der Waals surface area contributed by atoms with Gasteiger partial charge in [0, 0.05) is 4.70 Å². The van der Waals surface area contributed by atoms with E-state index in [0.717, 1.165) is 20.5 Å². The van der Waals surface area contributed by atoms with Crippen LogP contribution in [-0.4, -0.2) is 22.3 Å². The second-order valence-corrected chi connectivity index (χ2v) is 4.11. The van der Waals surface area contributed by atoms with Crippen molar-refractivity contribution in [3.8, 4) is 0 Å². The van der Waals surface area contributed by atoms with Gasteiger partial charge in [0.2, 0.25) is 0 Å². The van der Waals surface area contributed by atoms with Crippen molar-refractivity contribution < 1.29 is 16.4 Å². The van der Waals surface area contributed by atoms with Crippen molar-refractivity contribution in [2.75, 3.05) is 0 Å². The molecule has 0 amide bonds. The van der Waals surface area contributed by atoms with Gasteiger partial charge in [-0.15, -0.1) is 23.7 Å². The van der Waals surface area contributed by atoms with Gasteiger partial charge in [0.05, 0.1) is 4.88 Å². The Hall–Kier alpha value is -1.44. The van der Waals surface area contributed by atoms with Crippen LogP contribution in [0.5, 0.6) is 0 Å². The predicted octanol–water partition coefficient (Wildman–Crippen LogP) is 0.776. The highest BCUT2D eigenvalue weighted by atomic mass is 35.5. The molecule has 0 saturated carbocycles. The zero-order valence-electron chi connectivity index (χ0n) is 9.49. The van der Waals surface area contributed by atoms with E-state index in [4.69, 9.17) is 11.1 Å². The minimum atomic E-state index is 0. The maximum atomic E-state index is 7.33. The van der Waals surface area contributed by atoms with Crippen molar-refractivity contribution in [1.82, 2.24) is 0 Å². The van der Waals surface area contributed by atoms with Crippen LogP contribution in [0.1, 0.15) is 10.4 Å². The van der Waals surface area contributed by atoms with Gasteiger partial charge in [-0.1, -0.05) is 18.7 Å². The Kier molecular flexibility index (Phi) is 10.4. The zero-order chi connectivity index (χ0) is 10.1. The van der Waals surface area contributed by atoms with Gasteiger partial charge in [-0.2, -0.15) is 0 Å². The molecule has 0 unspecified atom stereocenters. The molecule has 0 aliphatic heterocycles. The molecule has 2 aromatic rings. The van der Waals surface area contributed by atoms with Gasteiger partial charge in [-0.05, 0) is 29.1 Å². The Morgan fingerprint density at radius 1 is 1.22 bits per heavy atom. The van der Waals surface area contributed by atoms with Crippen LogP contribution in [0.3, 0.4) is 0 Å². The number of rotatable bonds is 2. The average molecular weight is 293 g/mol. The molecule has 5 nitrogen and oxygen atoms in total. The number of nitrogens with one attached hydrogen (secondary N) is 1. The van der Waals surface area contributed by atoms with Gasteiger partial charge in [0.1, 0.15) is 5.84 Å². The number of thiophene rings is 1. The monoisotopic (exact) mass is 292 g/mol. The Bertz CT molecular complexity index is 528. The number of hydrogen-bond donors (Lipinski definition) is 2. The minimum absolute atomic E-state index is 0. The lowest BCUT2D eigenvalue weighted by Gasteiger charge is -1.91. The van der Waals surface area contributed by atoms with E-state index in [1.807, 2.05) is 30.3 Å². The topological polar surface area (TPSA) is 144 Å². The van der Waals surface area contributed by atoms with E-state index < -0.39 is 0 Å². The number of benzene rings is 1. The normalized spacial score (nSPS) is 8.00. The zero-order valence-corrected chi connectivity index (χ0v) is 11.1. The van der Waals surface area contributed by atoms with Crippen LogP contribution in [0.2, 0.25) is 0 Å². The summed E-state index contributed by atoms with van der Waals surface area (Å²) in [6.07, 6.45) is 1.81. The van der Waals surface area contributed by atoms with Crippen LogP contribution in [0.25, 0.3) is 16.2 Å². The van der Waals surface area contributed by atoms with Crippen molar-refractivity contribution in [1.29, 1.82) is 5.41 Å². The van der Waals surface area contributed by atoms with E-state index in [-0.39, 0.29) is 34.7 Å². The molecule has 0 bridgehead atoms. The van der Waals surface area contributed by atoms with Gasteiger partial charge in [-0.25, -0.2) is 0 Å². The van der Waals surface area contributed by atoms with Crippen LogP contribution < -0.4 is 5.73 Å². The van der Waals surface area contributed by atoms with Crippen molar-refractivity contribution >= 4 is 45.7 Å². The predicted molar refractivity (Wildman–Crippen MR) is 81.0 cm³/mol. The second-order valence-electron chi connectivity index (χ2n) is 3.03. The summed E-state index contributed by atoms with van der Waals surface area (Å²) in [5, 5.41) is 8.46. The first-order chi connectivity index (χ1) is 6.70. The molecule has 7 heteroatoms. The third-order valence-electron chi connectivity index (χ3n) is 2.04. The van der Waals surface area contributed by atoms with Crippen LogP contribution in [0.15, 0.2) is 30.8 Å². The lowest BCUT2D eigenvalue weighted by molar-refractivity contribution is 0.823. The highest BCUT2D eigenvalue weighted by molar-refractivity contribution is 7.20. The van der Waals surface area contributed by atoms with Gasteiger partial charge in [0.25, 0.3) is 0 Å². The fourth-order valence-corrected chi connectivity index (χ4v) is 2.23. The van der Waals surface area contributed by atoms with E-state index in [1.165, 1.54) is 0 Å². The molecule has 1 heterocycles. The van der Waals surface area contributed by atoms with Crippen LogP contribution >= 0.6 is 23.7 Å². The molecule has 1 aromatic heterocycles. The first-order valence-corrected chi connectivity index (χ1v) is 5.03. The van der Waals surface area contributed by atoms with E-state index in [0.29, 0.717) is 0 Å². The van der Waals surface area contributed by atoms with Crippen molar-refractivity contribution in [2.24, 2.45) is 5.73 Å². The van der Waals surface area contributed by atoms with Gasteiger partial charge < -0.3 is 22.2 Å². The highest BCUT2D eigenvalue weighted by Gasteiger charge is 2.03. The van der Waals surface area contributed by atoms with Crippen molar-refractivity contribution in [3.05, 3.63) is 41.3 Å². The Balaban J connectivity index is -0.000000562. The quantitative estimate of drug-likeness (QED) is 0.611. The molecule has 102 valence electrons. The minimum Gasteiger partial charge on any atom is -0.412 e. The summed E-state index contributed by atoms with van der Waals surface area (Å²) in [4.78, 5) is 0.821. The molecule has 0 saturated heterocycles. The number of hydrogen-bond acceptors (Lipinski definition) is 2. The van der Waals surface area contributed by atoms with E-state index in [1.54, 1.807) is 11.3 Å². The summed E-state index contributed by atoms with van der Waals surface area (Å²) < 4.78 is 1.15. The average Bonchev–Trinajstić information content (AvgIpc) is 2.59. The molecule has 0 atom stereocenters. The smallest absolute Gasteiger partial charge is 0.133 e. The molecular formula is C11H17ClN2O3S. The Morgan fingerprint density at radius 2 is 1.83 bits per heavy atom. The molecule has 0 aliphatic rings. The summed E-state index contributed by atoms with van der Waals surface area (Å²) >= 11 is 1.54. The molecular weight excluding hydrogens is 276 g/mol. The van der Waals surface area contributed by atoms with E-state index in [9.17, 15) is 0 Å². The fourth-order valence-electron chi connectivity index (χ4n) is 1.32. The third-order valence-corrected chi connectivity index (χ3v) is 3.19. The van der Waals surface area contributed by atoms with Crippen LogP contribution in [-0.2, 0) is 0 Å². The SMILES string of the molecule is C=Cc1ccc2sc(C(=N)N)cc2c1.Cl.O.O.O. The van der Waals surface area contributed by atoms with Crippen molar-refractivity contribution in [3.63, 3.8) is 0 Å². The molecule has 0 aliphatic carbocycles. The number of fused-ring (bicyclic) bond motifs is 1. The van der Waals surface area contributed by atoms with E-state index >= 15 is 0 Å². The lowest BCUT2D eigenvalue weighted by Crippen LogP contribution is -2.08. The highest BCUT2D eigenvalue weighted by Crippen LogP contribution is 2.26. The number of amidine groups is 1. The summed E-state index contributed by atoms with van der Waals surface area (Å²) in [5.74, 6) is 0.131. The molecule has 2 rings (SSSR count). The first-order valence-electron chi connectivity index (χ1n) is 4.21. The molecule has 0 fully saturated rings. The largest absolute Gasteiger partial charge is 0.412 e. The summed E-state index contributed by atoms with van der Waals surface area (Å²) in [7, 11) is 0. The summed E-state index contributed by atoms with van der Waals surface area (Å²) in [5.41, 5.74) is 6.51. The number of halogens is 1. The molecule has 0 radical (unpaired) electrons. The summed E-state index contributed by atoms with van der Waals surface area (Å²) in [6.45, 7) is 3.72. The Labute approximate surface area is 115 Å². The molecule has 9 N–H and O–H groups in total. The van der Waals surface area contributed by atoms with E-state index in [2.05, 4.69) is 6.58 Å². The maximum Gasteiger partial charge on any atom is 0.133 e. The second kappa shape index (κ2) is 8.62. The Morgan fingerprint density at radius 3 is 2.33 bits per heavy atom. The van der Waals surface area contributed by atoms with Gasteiger partial charge in [-0.3, -0.25) is 5.41 Å². The van der Waals surface area contributed by atoms with Gasteiger partial charge >= 0.3 is 0 Å². The maximum absolute atomic E-state index is 7.33.